The Morgan fingerprint density at radius 1 is 1.00 bits per heavy atom. The summed E-state index contributed by atoms with van der Waals surface area (Å²) in [5, 5.41) is 0. The van der Waals surface area contributed by atoms with Crippen LogP contribution >= 0.6 is 0 Å². The highest BCUT2D eigenvalue weighted by molar-refractivity contribution is 6.09. The number of nitrogens with zero attached hydrogens (tertiary/aromatic N) is 2. The summed E-state index contributed by atoms with van der Waals surface area (Å²) in [5.74, 6) is -0.575. The van der Waals surface area contributed by atoms with Crippen LogP contribution in [0.2, 0.25) is 0 Å². The molecular weight excluding hydrogens is 368 g/mol. The molecule has 0 saturated carbocycles. The molecule has 0 unspecified atom stereocenters. The largest absolute Gasteiger partial charge is 0.465 e. The van der Waals surface area contributed by atoms with Gasteiger partial charge in [0.2, 0.25) is 0 Å². The van der Waals surface area contributed by atoms with Gasteiger partial charge < -0.3 is 18.8 Å². The second-order valence-electron chi connectivity index (χ2n) is 7.95. The van der Waals surface area contributed by atoms with Gasteiger partial charge in [0.25, 0.3) is 5.56 Å². The fraction of sp³-hybridized carbons (Fsp3) is 0.579. The number of amides is 2. The number of hydrogen-bond donors (Lipinski definition) is 0. The summed E-state index contributed by atoms with van der Waals surface area (Å²) < 4.78 is 16.4. The van der Waals surface area contributed by atoms with E-state index in [0.29, 0.717) is 4.90 Å². The van der Waals surface area contributed by atoms with Crippen molar-refractivity contribution in [2.75, 3.05) is 11.5 Å². The number of anilines is 1. The van der Waals surface area contributed by atoms with Crippen LogP contribution in [0.5, 0.6) is 0 Å². The van der Waals surface area contributed by atoms with Gasteiger partial charge in [0, 0.05) is 12.3 Å². The summed E-state index contributed by atoms with van der Waals surface area (Å²) in [5.41, 5.74) is -2.36. The van der Waals surface area contributed by atoms with Crippen LogP contribution in [-0.4, -0.2) is 40.5 Å². The second-order valence-corrected chi connectivity index (χ2v) is 7.95. The number of pyridine rings is 1. The second kappa shape index (κ2) is 8.90. The lowest BCUT2D eigenvalue weighted by Gasteiger charge is -2.28. The van der Waals surface area contributed by atoms with Crippen LogP contribution in [0, 0.1) is 0 Å². The fourth-order valence-corrected chi connectivity index (χ4v) is 2.01. The first kappa shape index (κ1) is 23.2. The summed E-state index contributed by atoms with van der Waals surface area (Å²) >= 11 is 0. The molecule has 0 radical (unpaired) electrons. The molecule has 0 saturated heterocycles. The quantitative estimate of drug-likeness (QED) is 0.569. The maximum Gasteiger partial charge on any atom is 0.424 e. The monoisotopic (exact) mass is 396 g/mol. The molecule has 156 valence electrons. The minimum Gasteiger partial charge on any atom is -0.465 e. The zero-order valence-electron chi connectivity index (χ0n) is 17.4. The molecule has 0 bridgehead atoms. The number of hydrogen-bond acceptors (Lipinski definition) is 7. The van der Waals surface area contributed by atoms with Crippen LogP contribution in [0.3, 0.4) is 0 Å². The molecule has 1 aromatic heterocycles. The fourth-order valence-electron chi connectivity index (χ4n) is 2.01. The Balaban J connectivity index is 3.24. The molecule has 9 heteroatoms. The van der Waals surface area contributed by atoms with E-state index in [2.05, 4.69) is 0 Å². The zero-order valence-corrected chi connectivity index (χ0v) is 17.4. The molecule has 0 aliphatic rings. The molecular formula is C19H28N2O7. The van der Waals surface area contributed by atoms with Crippen molar-refractivity contribution in [1.82, 2.24) is 4.57 Å². The van der Waals surface area contributed by atoms with Crippen molar-refractivity contribution in [3.63, 3.8) is 0 Å². The van der Waals surface area contributed by atoms with Crippen LogP contribution in [-0.2, 0) is 25.5 Å². The third-order valence-electron chi connectivity index (χ3n) is 2.99. The number of esters is 1. The topological polar surface area (TPSA) is 104 Å². The number of carbonyl (C=O) groups excluding carboxylic acids is 3. The van der Waals surface area contributed by atoms with E-state index < -0.39 is 34.9 Å². The molecule has 28 heavy (non-hydrogen) atoms. The van der Waals surface area contributed by atoms with Crippen molar-refractivity contribution < 1.29 is 28.6 Å². The van der Waals surface area contributed by atoms with Gasteiger partial charge in [0.05, 0.1) is 12.3 Å². The van der Waals surface area contributed by atoms with Crippen LogP contribution in [0.25, 0.3) is 0 Å². The van der Waals surface area contributed by atoms with Crippen molar-refractivity contribution in [2.24, 2.45) is 0 Å². The average Bonchev–Trinajstić information content (AvgIpc) is 2.46. The molecule has 1 rings (SSSR count). The van der Waals surface area contributed by atoms with Gasteiger partial charge in [-0.15, -0.1) is 0 Å². The predicted octanol–water partition coefficient (Wildman–Crippen LogP) is 3.09. The summed E-state index contributed by atoms with van der Waals surface area (Å²) in [6.45, 7) is 11.5. The maximum absolute atomic E-state index is 12.6. The molecule has 1 aromatic rings. The van der Waals surface area contributed by atoms with Gasteiger partial charge in [-0.05, 0) is 54.5 Å². The molecule has 0 aliphatic carbocycles. The van der Waals surface area contributed by atoms with E-state index in [1.165, 1.54) is 12.3 Å². The van der Waals surface area contributed by atoms with E-state index in [1.807, 2.05) is 0 Å². The summed E-state index contributed by atoms with van der Waals surface area (Å²) in [7, 11) is 0. The Labute approximate surface area is 164 Å². The zero-order chi connectivity index (χ0) is 21.7. The van der Waals surface area contributed by atoms with E-state index in [0.717, 1.165) is 10.6 Å². The van der Waals surface area contributed by atoms with Gasteiger partial charge in [0.15, 0.2) is 0 Å². The van der Waals surface area contributed by atoms with Crippen molar-refractivity contribution in [2.45, 2.75) is 66.2 Å². The molecule has 0 fully saturated rings. The van der Waals surface area contributed by atoms with E-state index in [4.69, 9.17) is 14.2 Å². The van der Waals surface area contributed by atoms with Gasteiger partial charge >= 0.3 is 18.2 Å². The Morgan fingerprint density at radius 3 is 1.89 bits per heavy atom. The van der Waals surface area contributed by atoms with E-state index >= 15 is 0 Å². The molecule has 0 N–H and O–H groups in total. The molecule has 0 aliphatic heterocycles. The Bertz CT molecular complexity index is 757. The standard InChI is InChI=1S/C19H28N2O7/c1-8-26-15(23)12-20-10-9-13(11-14(20)22)21(16(24)27-18(2,3)4)17(25)28-19(5,6)7/h9-11H,8,12H2,1-7H3. The first-order chi connectivity index (χ1) is 12.7. The van der Waals surface area contributed by atoms with Crippen molar-refractivity contribution in [1.29, 1.82) is 0 Å². The number of rotatable bonds is 4. The summed E-state index contributed by atoms with van der Waals surface area (Å²) in [4.78, 5) is 49.7. The lowest BCUT2D eigenvalue weighted by atomic mass is 10.2. The van der Waals surface area contributed by atoms with Gasteiger partial charge in [0.1, 0.15) is 17.7 Å². The highest BCUT2D eigenvalue weighted by Crippen LogP contribution is 2.20. The molecule has 1 heterocycles. The first-order valence-corrected chi connectivity index (χ1v) is 8.85. The van der Waals surface area contributed by atoms with E-state index in [-0.39, 0.29) is 18.8 Å². The number of ether oxygens (including phenoxy) is 3. The molecule has 0 spiro atoms. The molecule has 2 amide bonds. The van der Waals surface area contributed by atoms with Crippen LogP contribution in [0.15, 0.2) is 23.1 Å². The van der Waals surface area contributed by atoms with Crippen molar-refractivity contribution in [3.8, 4) is 0 Å². The summed E-state index contributed by atoms with van der Waals surface area (Å²) in [6.07, 6.45) is -0.676. The number of aromatic nitrogens is 1. The van der Waals surface area contributed by atoms with Crippen molar-refractivity contribution >= 4 is 23.8 Å². The lowest BCUT2D eigenvalue weighted by Crippen LogP contribution is -2.44. The Morgan fingerprint density at radius 2 is 1.50 bits per heavy atom. The lowest BCUT2D eigenvalue weighted by molar-refractivity contribution is -0.143. The van der Waals surface area contributed by atoms with Gasteiger partial charge in [-0.1, -0.05) is 0 Å². The predicted molar refractivity (Wildman–Crippen MR) is 102 cm³/mol. The normalized spacial score (nSPS) is 11.5. The molecule has 0 atom stereocenters. The Hall–Kier alpha value is -2.84. The first-order valence-electron chi connectivity index (χ1n) is 8.85. The third-order valence-corrected chi connectivity index (χ3v) is 2.99. The SMILES string of the molecule is CCOC(=O)Cn1ccc(N(C(=O)OC(C)(C)C)C(=O)OC(C)(C)C)cc1=O. The highest BCUT2D eigenvalue weighted by atomic mass is 16.6. The van der Waals surface area contributed by atoms with Gasteiger partial charge in [-0.2, -0.15) is 4.90 Å². The number of carbonyl (C=O) groups is 3. The maximum atomic E-state index is 12.6. The minimum atomic E-state index is -0.982. The third kappa shape index (κ3) is 7.42. The average molecular weight is 396 g/mol. The van der Waals surface area contributed by atoms with Crippen molar-refractivity contribution in [3.05, 3.63) is 28.7 Å². The summed E-state index contributed by atoms with van der Waals surface area (Å²) in [6, 6.07) is 2.39. The van der Waals surface area contributed by atoms with E-state index in [9.17, 15) is 19.2 Å². The van der Waals surface area contributed by atoms with Crippen LogP contribution in [0.4, 0.5) is 15.3 Å². The smallest absolute Gasteiger partial charge is 0.424 e. The number of imide groups is 1. The van der Waals surface area contributed by atoms with Crippen LogP contribution < -0.4 is 10.5 Å². The van der Waals surface area contributed by atoms with Gasteiger partial charge in [-0.3, -0.25) is 9.59 Å². The Kier molecular flexibility index (Phi) is 7.37. The van der Waals surface area contributed by atoms with Gasteiger partial charge in [-0.25, -0.2) is 9.59 Å². The van der Waals surface area contributed by atoms with E-state index in [1.54, 1.807) is 48.5 Å². The van der Waals surface area contributed by atoms with Crippen LogP contribution in [0.1, 0.15) is 48.5 Å². The minimum absolute atomic E-state index is 0.0337. The molecule has 9 nitrogen and oxygen atoms in total. The molecule has 0 aromatic carbocycles. The highest BCUT2D eigenvalue weighted by Gasteiger charge is 2.33.